The average Bonchev–Trinajstić information content (AvgIpc) is 3.22. The summed E-state index contributed by atoms with van der Waals surface area (Å²) < 4.78 is 2.02. The number of aliphatic hydroxyl groups excluding tert-OH is 1. The summed E-state index contributed by atoms with van der Waals surface area (Å²) >= 11 is 0. The molecule has 20 heavy (non-hydrogen) atoms. The molecular formula is C15H25N3O2. The van der Waals surface area contributed by atoms with Gasteiger partial charge in [-0.1, -0.05) is 0 Å². The van der Waals surface area contributed by atoms with Crippen LogP contribution in [0.3, 0.4) is 0 Å². The standard InChI is InChI=1S/C15H25N3O2/c1-17-14(12-3-4-12)13(9-16-17)10-18-7-2-5-15(20,11-19)6-8-18/h9,12,19-20H,2-8,10-11H2,1H3/t15-/m0/s1. The third kappa shape index (κ3) is 2.90. The minimum atomic E-state index is -0.872. The third-order valence-corrected chi connectivity index (χ3v) is 4.73. The van der Waals surface area contributed by atoms with Crippen molar-refractivity contribution >= 4 is 0 Å². The zero-order chi connectivity index (χ0) is 14.2. The first kappa shape index (κ1) is 14.0. The fourth-order valence-electron chi connectivity index (χ4n) is 3.29. The summed E-state index contributed by atoms with van der Waals surface area (Å²) in [6.07, 6.45) is 6.87. The highest BCUT2D eigenvalue weighted by atomic mass is 16.3. The van der Waals surface area contributed by atoms with E-state index in [0.29, 0.717) is 18.8 Å². The molecule has 5 nitrogen and oxygen atoms in total. The predicted molar refractivity (Wildman–Crippen MR) is 76.3 cm³/mol. The molecule has 1 aliphatic carbocycles. The van der Waals surface area contributed by atoms with Gasteiger partial charge in [-0.05, 0) is 38.6 Å². The molecule has 0 unspecified atom stereocenters. The van der Waals surface area contributed by atoms with Crippen molar-refractivity contribution < 1.29 is 10.2 Å². The van der Waals surface area contributed by atoms with Crippen molar-refractivity contribution in [1.29, 1.82) is 0 Å². The quantitative estimate of drug-likeness (QED) is 0.863. The van der Waals surface area contributed by atoms with E-state index in [0.717, 1.165) is 26.1 Å². The van der Waals surface area contributed by atoms with E-state index in [1.165, 1.54) is 24.1 Å². The van der Waals surface area contributed by atoms with Crippen LogP contribution < -0.4 is 0 Å². The summed E-state index contributed by atoms with van der Waals surface area (Å²) in [5.74, 6) is 0.707. The summed E-state index contributed by atoms with van der Waals surface area (Å²) in [7, 11) is 2.03. The van der Waals surface area contributed by atoms with Gasteiger partial charge in [0.1, 0.15) is 0 Å². The summed E-state index contributed by atoms with van der Waals surface area (Å²) in [5, 5.41) is 23.9. The van der Waals surface area contributed by atoms with Gasteiger partial charge < -0.3 is 10.2 Å². The van der Waals surface area contributed by atoms with Gasteiger partial charge in [0.25, 0.3) is 0 Å². The lowest BCUT2D eigenvalue weighted by Gasteiger charge is -2.24. The van der Waals surface area contributed by atoms with E-state index in [1.807, 2.05) is 17.9 Å². The molecule has 1 saturated carbocycles. The first-order chi connectivity index (χ1) is 9.61. The van der Waals surface area contributed by atoms with Crippen molar-refractivity contribution in [2.24, 2.45) is 7.05 Å². The fraction of sp³-hybridized carbons (Fsp3) is 0.800. The van der Waals surface area contributed by atoms with E-state index in [9.17, 15) is 10.2 Å². The topological polar surface area (TPSA) is 61.5 Å². The van der Waals surface area contributed by atoms with Gasteiger partial charge >= 0.3 is 0 Å². The van der Waals surface area contributed by atoms with E-state index in [1.54, 1.807) is 0 Å². The summed E-state index contributed by atoms with van der Waals surface area (Å²) in [6, 6.07) is 0. The van der Waals surface area contributed by atoms with E-state index in [-0.39, 0.29) is 6.61 Å². The highest BCUT2D eigenvalue weighted by Crippen LogP contribution is 2.41. The molecule has 0 bridgehead atoms. The minimum Gasteiger partial charge on any atom is -0.393 e. The Kier molecular flexibility index (Phi) is 3.84. The van der Waals surface area contributed by atoms with E-state index in [2.05, 4.69) is 10.00 Å². The molecule has 0 radical (unpaired) electrons. The molecule has 5 heteroatoms. The largest absolute Gasteiger partial charge is 0.393 e. The molecule has 0 amide bonds. The van der Waals surface area contributed by atoms with Crippen LogP contribution >= 0.6 is 0 Å². The fourth-order valence-corrected chi connectivity index (χ4v) is 3.29. The van der Waals surface area contributed by atoms with Gasteiger partial charge in [0.05, 0.1) is 18.4 Å². The van der Waals surface area contributed by atoms with Crippen molar-refractivity contribution in [3.8, 4) is 0 Å². The van der Waals surface area contributed by atoms with E-state index < -0.39 is 5.60 Å². The van der Waals surface area contributed by atoms with Crippen molar-refractivity contribution in [3.05, 3.63) is 17.5 Å². The van der Waals surface area contributed by atoms with Gasteiger partial charge in [-0.15, -0.1) is 0 Å². The van der Waals surface area contributed by atoms with Crippen LogP contribution in [0.15, 0.2) is 6.20 Å². The lowest BCUT2D eigenvalue weighted by molar-refractivity contribution is -0.0255. The van der Waals surface area contributed by atoms with Gasteiger partial charge in [-0.25, -0.2) is 0 Å². The van der Waals surface area contributed by atoms with Gasteiger partial charge in [0.2, 0.25) is 0 Å². The lowest BCUT2D eigenvalue weighted by Crippen LogP contribution is -2.34. The highest BCUT2D eigenvalue weighted by Gasteiger charge is 2.32. The average molecular weight is 279 g/mol. The van der Waals surface area contributed by atoms with Crippen molar-refractivity contribution in [3.63, 3.8) is 0 Å². The second-order valence-corrected chi connectivity index (χ2v) is 6.47. The SMILES string of the molecule is Cn1ncc(CN2CCC[C@@](O)(CO)CC2)c1C1CC1. The Labute approximate surface area is 120 Å². The predicted octanol–water partition coefficient (Wildman–Crippen LogP) is 1.01. The van der Waals surface area contributed by atoms with Gasteiger partial charge in [0.15, 0.2) is 0 Å². The molecular weight excluding hydrogens is 254 g/mol. The van der Waals surface area contributed by atoms with Crippen LogP contribution in [0.4, 0.5) is 0 Å². The Morgan fingerprint density at radius 2 is 2.15 bits per heavy atom. The zero-order valence-electron chi connectivity index (χ0n) is 12.3. The van der Waals surface area contributed by atoms with Crippen molar-refractivity contribution in [2.45, 2.75) is 50.2 Å². The van der Waals surface area contributed by atoms with Crippen LogP contribution in [0.25, 0.3) is 0 Å². The molecule has 2 aliphatic rings. The maximum absolute atomic E-state index is 10.2. The monoisotopic (exact) mass is 279 g/mol. The second kappa shape index (κ2) is 5.47. The Hall–Kier alpha value is -0.910. The van der Waals surface area contributed by atoms with Crippen LogP contribution in [0.2, 0.25) is 0 Å². The van der Waals surface area contributed by atoms with Crippen LogP contribution in [-0.4, -0.2) is 50.2 Å². The van der Waals surface area contributed by atoms with Crippen molar-refractivity contribution in [2.75, 3.05) is 19.7 Å². The Morgan fingerprint density at radius 3 is 2.85 bits per heavy atom. The normalized spacial score (nSPS) is 28.6. The van der Waals surface area contributed by atoms with Crippen LogP contribution in [0.1, 0.15) is 49.3 Å². The molecule has 1 aromatic heterocycles. The molecule has 2 fully saturated rings. The van der Waals surface area contributed by atoms with E-state index >= 15 is 0 Å². The Balaban J connectivity index is 1.66. The third-order valence-electron chi connectivity index (χ3n) is 4.73. The number of likely N-dealkylation sites (tertiary alicyclic amines) is 1. The van der Waals surface area contributed by atoms with Gasteiger partial charge in [0, 0.05) is 37.3 Å². The number of hydrogen-bond acceptors (Lipinski definition) is 4. The molecule has 0 aromatic carbocycles. The number of rotatable bonds is 4. The maximum atomic E-state index is 10.2. The Bertz CT molecular complexity index is 470. The molecule has 1 atom stereocenters. The molecule has 3 rings (SSSR count). The number of aliphatic hydroxyl groups is 2. The van der Waals surface area contributed by atoms with Gasteiger partial charge in [-0.2, -0.15) is 5.10 Å². The summed E-state index contributed by atoms with van der Waals surface area (Å²) in [4.78, 5) is 2.39. The van der Waals surface area contributed by atoms with Crippen molar-refractivity contribution in [1.82, 2.24) is 14.7 Å². The molecule has 112 valence electrons. The van der Waals surface area contributed by atoms with E-state index in [4.69, 9.17) is 0 Å². The molecule has 1 saturated heterocycles. The molecule has 1 aromatic rings. The molecule has 2 N–H and O–H groups in total. The second-order valence-electron chi connectivity index (χ2n) is 6.47. The number of aryl methyl sites for hydroxylation is 1. The first-order valence-corrected chi connectivity index (χ1v) is 7.68. The molecule has 0 spiro atoms. The Morgan fingerprint density at radius 1 is 1.35 bits per heavy atom. The molecule has 2 heterocycles. The van der Waals surface area contributed by atoms with Crippen LogP contribution in [0, 0.1) is 0 Å². The highest BCUT2D eigenvalue weighted by molar-refractivity contribution is 5.25. The first-order valence-electron chi connectivity index (χ1n) is 7.68. The summed E-state index contributed by atoms with van der Waals surface area (Å²) in [6.45, 7) is 2.62. The smallest absolute Gasteiger partial charge is 0.0890 e. The lowest BCUT2D eigenvalue weighted by atomic mass is 9.96. The number of aromatic nitrogens is 2. The minimum absolute atomic E-state index is 0.124. The zero-order valence-corrected chi connectivity index (χ0v) is 12.3. The number of hydrogen-bond donors (Lipinski definition) is 2. The van der Waals surface area contributed by atoms with Crippen LogP contribution in [-0.2, 0) is 13.6 Å². The van der Waals surface area contributed by atoms with Gasteiger partial charge in [-0.3, -0.25) is 9.58 Å². The van der Waals surface area contributed by atoms with Crippen LogP contribution in [0.5, 0.6) is 0 Å². The summed E-state index contributed by atoms with van der Waals surface area (Å²) in [5.41, 5.74) is 1.86. The molecule has 1 aliphatic heterocycles. The number of nitrogens with zero attached hydrogens (tertiary/aromatic N) is 3. The maximum Gasteiger partial charge on any atom is 0.0890 e.